The zero-order chi connectivity index (χ0) is 20.6. The van der Waals surface area contributed by atoms with E-state index in [4.69, 9.17) is 18.6 Å². The molecule has 1 aliphatic rings. The molecule has 0 saturated heterocycles. The Morgan fingerprint density at radius 3 is 2.39 bits per heavy atom. The Morgan fingerprint density at radius 1 is 1.11 bits per heavy atom. The SMILES string of the molecule is COC(=O)C1=C(NC(C)(C)C)Oc2c(c(=O)oc3ccccc23)C1C(=O)OC. The molecule has 0 fully saturated rings. The topological polar surface area (TPSA) is 104 Å². The van der Waals surface area contributed by atoms with Gasteiger partial charge in [-0.3, -0.25) is 4.79 Å². The summed E-state index contributed by atoms with van der Waals surface area (Å²) in [5.41, 5.74) is -1.27. The molecule has 0 radical (unpaired) electrons. The Morgan fingerprint density at radius 2 is 1.79 bits per heavy atom. The number of benzene rings is 1. The lowest BCUT2D eigenvalue weighted by Gasteiger charge is -2.31. The van der Waals surface area contributed by atoms with Crippen molar-refractivity contribution < 1.29 is 28.2 Å². The van der Waals surface area contributed by atoms with Crippen LogP contribution in [0.4, 0.5) is 0 Å². The Hall–Kier alpha value is -3.29. The summed E-state index contributed by atoms with van der Waals surface area (Å²) in [6.45, 7) is 5.58. The normalized spacial score (nSPS) is 16.2. The lowest BCUT2D eigenvalue weighted by atomic mass is 9.88. The van der Waals surface area contributed by atoms with E-state index in [1.807, 2.05) is 20.8 Å². The molecule has 0 bridgehead atoms. The van der Waals surface area contributed by atoms with Gasteiger partial charge in [-0.25, -0.2) is 9.59 Å². The van der Waals surface area contributed by atoms with E-state index < -0.39 is 29.0 Å². The van der Waals surface area contributed by atoms with Gasteiger partial charge in [-0.05, 0) is 32.9 Å². The molecule has 0 amide bonds. The maximum Gasteiger partial charge on any atom is 0.344 e. The van der Waals surface area contributed by atoms with Crippen LogP contribution in [0.5, 0.6) is 5.75 Å². The number of ether oxygens (including phenoxy) is 3. The molecule has 8 nitrogen and oxygen atoms in total. The van der Waals surface area contributed by atoms with Crippen LogP contribution in [0.2, 0.25) is 0 Å². The number of para-hydroxylation sites is 1. The fourth-order valence-corrected chi connectivity index (χ4v) is 3.03. The summed E-state index contributed by atoms with van der Waals surface area (Å²) in [5.74, 6) is -2.81. The molecule has 1 atom stereocenters. The zero-order valence-corrected chi connectivity index (χ0v) is 16.2. The lowest BCUT2D eigenvalue weighted by molar-refractivity contribution is -0.145. The van der Waals surface area contributed by atoms with E-state index in [2.05, 4.69) is 5.32 Å². The van der Waals surface area contributed by atoms with Gasteiger partial charge in [-0.1, -0.05) is 12.1 Å². The van der Waals surface area contributed by atoms with E-state index >= 15 is 0 Å². The second-order valence-electron chi connectivity index (χ2n) is 7.30. The van der Waals surface area contributed by atoms with Crippen LogP contribution in [0.15, 0.2) is 44.9 Å². The number of fused-ring (bicyclic) bond motifs is 3. The number of esters is 2. The molecule has 1 aromatic heterocycles. The van der Waals surface area contributed by atoms with Crippen LogP contribution in [-0.4, -0.2) is 31.7 Å². The first-order valence-corrected chi connectivity index (χ1v) is 8.60. The molecule has 0 saturated carbocycles. The molecule has 1 aliphatic heterocycles. The standard InChI is InChI=1S/C20H21NO7/c1-20(2,3)21-16-14(18(23)26-5)12(17(22)25-4)13-15(28-16)10-8-6-7-9-11(10)27-19(13)24/h6-9,12,21H,1-5H3. The summed E-state index contributed by atoms with van der Waals surface area (Å²) < 4.78 is 21.0. The van der Waals surface area contributed by atoms with Crippen molar-refractivity contribution in [3.63, 3.8) is 0 Å². The molecule has 3 rings (SSSR count). The second-order valence-corrected chi connectivity index (χ2v) is 7.30. The molecular weight excluding hydrogens is 366 g/mol. The number of methoxy groups -OCH3 is 2. The summed E-state index contributed by atoms with van der Waals surface area (Å²) >= 11 is 0. The first-order chi connectivity index (χ1) is 13.2. The van der Waals surface area contributed by atoms with E-state index in [1.54, 1.807) is 24.3 Å². The van der Waals surface area contributed by atoms with Crippen LogP contribution in [0, 0.1) is 0 Å². The van der Waals surface area contributed by atoms with Gasteiger partial charge >= 0.3 is 17.6 Å². The molecule has 8 heteroatoms. The molecule has 2 heterocycles. The summed E-state index contributed by atoms with van der Waals surface area (Å²) in [5, 5.41) is 3.56. The van der Waals surface area contributed by atoms with Gasteiger partial charge < -0.3 is 23.9 Å². The summed E-state index contributed by atoms with van der Waals surface area (Å²) in [6, 6.07) is 6.77. The molecule has 28 heavy (non-hydrogen) atoms. The largest absolute Gasteiger partial charge is 0.468 e. The highest BCUT2D eigenvalue weighted by Gasteiger charge is 2.44. The number of hydrogen-bond acceptors (Lipinski definition) is 8. The van der Waals surface area contributed by atoms with Crippen LogP contribution in [-0.2, 0) is 19.1 Å². The third kappa shape index (κ3) is 3.33. The minimum atomic E-state index is -1.35. The molecule has 1 N–H and O–H groups in total. The van der Waals surface area contributed by atoms with Crippen molar-refractivity contribution in [2.45, 2.75) is 32.2 Å². The monoisotopic (exact) mass is 387 g/mol. The number of hydrogen-bond donors (Lipinski definition) is 1. The molecular formula is C20H21NO7. The predicted octanol–water partition coefficient (Wildman–Crippen LogP) is 2.21. The molecule has 0 spiro atoms. The van der Waals surface area contributed by atoms with Crippen molar-refractivity contribution in [2.75, 3.05) is 14.2 Å². The highest BCUT2D eigenvalue weighted by atomic mass is 16.5. The van der Waals surface area contributed by atoms with Gasteiger partial charge in [0.05, 0.1) is 19.6 Å². The van der Waals surface area contributed by atoms with E-state index in [0.29, 0.717) is 11.0 Å². The van der Waals surface area contributed by atoms with Crippen molar-refractivity contribution in [1.29, 1.82) is 0 Å². The van der Waals surface area contributed by atoms with E-state index in [-0.39, 0.29) is 22.8 Å². The van der Waals surface area contributed by atoms with Gasteiger partial charge in [0.25, 0.3) is 0 Å². The Labute approximate surface area is 161 Å². The van der Waals surface area contributed by atoms with Crippen molar-refractivity contribution in [3.8, 4) is 5.75 Å². The first-order valence-electron chi connectivity index (χ1n) is 8.60. The minimum Gasteiger partial charge on any atom is -0.468 e. The Balaban J connectivity index is 2.38. The minimum absolute atomic E-state index is 0.0259. The van der Waals surface area contributed by atoms with E-state index in [9.17, 15) is 14.4 Å². The molecule has 2 aromatic rings. The van der Waals surface area contributed by atoms with E-state index in [1.165, 1.54) is 14.2 Å². The average Bonchev–Trinajstić information content (AvgIpc) is 2.64. The van der Waals surface area contributed by atoms with Crippen molar-refractivity contribution in [2.24, 2.45) is 0 Å². The van der Waals surface area contributed by atoms with Gasteiger partial charge in [0, 0.05) is 5.54 Å². The third-order valence-electron chi connectivity index (χ3n) is 4.16. The van der Waals surface area contributed by atoms with Crippen LogP contribution >= 0.6 is 0 Å². The number of carbonyl (C=O) groups excluding carboxylic acids is 2. The van der Waals surface area contributed by atoms with Crippen LogP contribution in [0.1, 0.15) is 32.3 Å². The van der Waals surface area contributed by atoms with E-state index in [0.717, 1.165) is 0 Å². The summed E-state index contributed by atoms with van der Waals surface area (Å²) in [4.78, 5) is 37.9. The first kappa shape index (κ1) is 19.5. The molecule has 0 aliphatic carbocycles. The summed E-state index contributed by atoms with van der Waals surface area (Å²) in [6.07, 6.45) is 0. The van der Waals surface area contributed by atoms with Crippen molar-refractivity contribution in [3.05, 3.63) is 51.7 Å². The van der Waals surface area contributed by atoms with Gasteiger partial charge in [-0.2, -0.15) is 0 Å². The molecule has 148 valence electrons. The number of rotatable bonds is 3. The molecule has 1 unspecified atom stereocenters. The van der Waals surface area contributed by atoms with Crippen molar-refractivity contribution >= 4 is 22.9 Å². The van der Waals surface area contributed by atoms with Gasteiger partial charge in [-0.15, -0.1) is 0 Å². The van der Waals surface area contributed by atoms with Gasteiger partial charge in [0.15, 0.2) is 5.75 Å². The maximum absolute atomic E-state index is 12.7. The van der Waals surface area contributed by atoms with Crippen LogP contribution in [0.25, 0.3) is 11.0 Å². The molecule has 1 aromatic carbocycles. The quantitative estimate of drug-likeness (QED) is 0.631. The second kappa shape index (κ2) is 7.03. The predicted molar refractivity (Wildman–Crippen MR) is 99.8 cm³/mol. The maximum atomic E-state index is 12.7. The fraction of sp³-hybridized carbons (Fsp3) is 0.350. The van der Waals surface area contributed by atoms with Gasteiger partial charge in [0.1, 0.15) is 22.6 Å². The average molecular weight is 387 g/mol. The number of nitrogens with one attached hydrogen (secondary N) is 1. The fourth-order valence-electron chi connectivity index (χ4n) is 3.03. The Kier molecular flexibility index (Phi) is 4.89. The highest BCUT2D eigenvalue weighted by Crippen LogP contribution is 2.42. The van der Waals surface area contributed by atoms with Crippen LogP contribution in [0.3, 0.4) is 0 Å². The third-order valence-corrected chi connectivity index (χ3v) is 4.16. The zero-order valence-electron chi connectivity index (χ0n) is 16.2. The summed E-state index contributed by atoms with van der Waals surface area (Å²) in [7, 11) is 2.35. The van der Waals surface area contributed by atoms with Gasteiger partial charge in [0.2, 0.25) is 5.88 Å². The Bertz CT molecular complexity index is 1040. The lowest BCUT2D eigenvalue weighted by Crippen LogP contribution is -2.42. The smallest absolute Gasteiger partial charge is 0.344 e. The number of carbonyl (C=O) groups is 2. The highest BCUT2D eigenvalue weighted by molar-refractivity contribution is 6.01. The van der Waals surface area contributed by atoms with Crippen molar-refractivity contribution in [1.82, 2.24) is 5.32 Å². The van der Waals surface area contributed by atoms with Crippen LogP contribution < -0.4 is 15.7 Å².